The quantitative estimate of drug-likeness (QED) is 0.164. The van der Waals surface area contributed by atoms with Gasteiger partial charge in [-0.05, 0) is 130 Å². The maximum atomic E-state index is 5.09. The number of fused-ring (bicyclic) bond motifs is 16. The molecule has 10 aromatic carbocycles. The summed E-state index contributed by atoms with van der Waals surface area (Å²) in [4.78, 5) is 5.09. The molecule has 2 aliphatic rings. The zero-order valence-corrected chi connectivity index (χ0v) is 32.2. The van der Waals surface area contributed by atoms with Crippen molar-refractivity contribution >= 4 is 53.9 Å². The lowest BCUT2D eigenvalue weighted by Crippen LogP contribution is -2.25. The average molecular weight is 752 g/mol. The Kier molecular flexibility index (Phi) is 6.59. The second-order valence-corrected chi connectivity index (χ2v) is 16.8. The Morgan fingerprint density at radius 2 is 0.914 bits per heavy atom. The third-order valence-corrected chi connectivity index (χ3v) is 14.0. The van der Waals surface area contributed by atoms with E-state index in [1.807, 2.05) is 0 Å². The van der Waals surface area contributed by atoms with E-state index in [2.05, 4.69) is 200 Å². The van der Waals surface area contributed by atoms with Crippen LogP contribution in [0.4, 0.5) is 0 Å². The zero-order valence-electron chi connectivity index (χ0n) is 31.4. The van der Waals surface area contributed by atoms with Crippen molar-refractivity contribution in [2.24, 2.45) is 0 Å². The smallest absolute Gasteiger partial charge is 0.124 e. The van der Waals surface area contributed by atoms with Crippen LogP contribution in [-0.4, -0.2) is 4.98 Å². The molecule has 1 aromatic heterocycles. The molecule has 0 saturated heterocycles. The van der Waals surface area contributed by atoms with E-state index in [0.29, 0.717) is 0 Å². The zero-order chi connectivity index (χ0) is 38.0. The van der Waals surface area contributed by atoms with Crippen LogP contribution in [0.15, 0.2) is 200 Å². The second-order valence-electron chi connectivity index (χ2n) is 15.8. The number of nitrogens with zero attached hydrogens (tertiary/aromatic N) is 1. The molecule has 1 heterocycles. The van der Waals surface area contributed by atoms with Gasteiger partial charge in [-0.3, -0.25) is 0 Å². The van der Waals surface area contributed by atoms with Crippen LogP contribution in [0.5, 0.6) is 0 Å². The number of thiazole rings is 1. The van der Waals surface area contributed by atoms with Gasteiger partial charge in [0.25, 0.3) is 0 Å². The molecule has 0 atom stereocenters. The maximum absolute atomic E-state index is 5.09. The Balaban J connectivity index is 0.988. The first-order valence-corrected chi connectivity index (χ1v) is 20.8. The van der Waals surface area contributed by atoms with Crippen molar-refractivity contribution in [3.8, 4) is 55.1 Å². The summed E-state index contributed by atoms with van der Waals surface area (Å²) in [6.45, 7) is 0. The number of rotatable bonds is 3. The molecule has 13 rings (SSSR count). The fourth-order valence-corrected chi connectivity index (χ4v) is 11.4. The fourth-order valence-electron chi connectivity index (χ4n) is 10.3. The van der Waals surface area contributed by atoms with Gasteiger partial charge in [0.2, 0.25) is 0 Å². The summed E-state index contributed by atoms with van der Waals surface area (Å²) >= 11 is 1.79. The van der Waals surface area contributed by atoms with Gasteiger partial charge in [0.15, 0.2) is 0 Å². The van der Waals surface area contributed by atoms with Crippen molar-refractivity contribution in [1.29, 1.82) is 0 Å². The van der Waals surface area contributed by atoms with E-state index in [-0.39, 0.29) is 0 Å². The van der Waals surface area contributed by atoms with Gasteiger partial charge in [0, 0.05) is 10.9 Å². The van der Waals surface area contributed by atoms with E-state index < -0.39 is 5.41 Å². The van der Waals surface area contributed by atoms with Gasteiger partial charge in [-0.25, -0.2) is 4.98 Å². The summed E-state index contributed by atoms with van der Waals surface area (Å²) in [6, 6.07) is 74.6. The van der Waals surface area contributed by atoms with E-state index in [1.54, 1.807) is 11.3 Å². The van der Waals surface area contributed by atoms with Gasteiger partial charge in [0.1, 0.15) is 5.01 Å². The van der Waals surface area contributed by atoms with Gasteiger partial charge in [0.05, 0.1) is 15.6 Å². The number of hydrogen-bond acceptors (Lipinski definition) is 2. The highest BCUT2D eigenvalue weighted by atomic mass is 32.1. The fraction of sp³-hybridized carbons (Fsp3) is 0.0179. The van der Waals surface area contributed by atoms with Crippen molar-refractivity contribution in [2.75, 3.05) is 0 Å². The van der Waals surface area contributed by atoms with E-state index in [9.17, 15) is 0 Å². The molecule has 0 radical (unpaired) electrons. The average Bonchev–Trinajstić information content (AvgIpc) is 3.95. The molecule has 0 aliphatic heterocycles. The van der Waals surface area contributed by atoms with Gasteiger partial charge >= 0.3 is 0 Å². The van der Waals surface area contributed by atoms with Gasteiger partial charge < -0.3 is 0 Å². The lowest BCUT2D eigenvalue weighted by molar-refractivity contribution is 0.795. The van der Waals surface area contributed by atoms with Crippen LogP contribution in [0.25, 0.3) is 97.6 Å². The van der Waals surface area contributed by atoms with Crippen LogP contribution in [0.3, 0.4) is 0 Å². The Bertz CT molecular complexity index is 3470. The van der Waals surface area contributed by atoms with E-state index in [0.717, 1.165) is 16.1 Å². The molecule has 58 heavy (non-hydrogen) atoms. The molecule has 11 aromatic rings. The molecule has 0 saturated carbocycles. The Morgan fingerprint density at radius 1 is 0.345 bits per heavy atom. The van der Waals surface area contributed by atoms with Crippen molar-refractivity contribution in [3.63, 3.8) is 0 Å². The van der Waals surface area contributed by atoms with Crippen LogP contribution >= 0.6 is 11.3 Å². The van der Waals surface area contributed by atoms with Crippen molar-refractivity contribution in [1.82, 2.24) is 4.98 Å². The predicted molar refractivity (Wildman–Crippen MR) is 245 cm³/mol. The summed E-state index contributed by atoms with van der Waals surface area (Å²) in [5.74, 6) is 0. The molecule has 2 aliphatic carbocycles. The monoisotopic (exact) mass is 751 g/mol. The van der Waals surface area contributed by atoms with Crippen LogP contribution in [-0.2, 0) is 5.41 Å². The Hall–Kier alpha value is -7.13. The molecular formula is C56H33NS. The van der Waals surface area contributed by atoms with Crippen LogP contribution in [0, 0.1) is 0 Å². The molecule has 1 spiro atoms. The molecule has 0 fully saturated rings. The predicted octanol–water partition coefficient (Wildman–Crippen LogP) is 15.1. The van der Waals surface area contributed by atoms with Gasteiger partial charge in [-0.15, -0.1) is 11.3 Å². The summed E-state index contributed by atoms with van der Waals surface area (Å²) in [6.07, 6.45) is 0. The molecule has 268 valence electrons. The maximum Gasteiger partial charge on any atom is 0.124 e. The van der Waals surface area contributed by atoms with Crippen LogP contribution in [0.1, 0.15) is 22.3 Å². The highest BCUT2D eigenvalue weighted by Gasteiger charge is 2.51. The highest BCUT2D eigenvalue weighted by molar-refractivity contribution is 7.22. The molecule has 0 bridgehead atoms. The molecule has 0 amide bonds. The normalized spacial score (nSPS) is 13.3. The van der Waals surface area contributed by atoms with E-state index in [1.165, 1.54) is 104 Å². The highest BCUT2D eigenvalue weighted by Crippen LogP contribution is 2.63. The molecule has 0 N–H and O–H groups in total. The first-order valence-electron chi connectivity index (χ1n) is 20.0. The third kappa shape index (κ3) is 4.38. The second kappa shape index (κ2) is 11.9. The first-order chi connectivity index (χ1) is 28.7. The summed E-state index contributed by atoms with van der Waals surface area (Å²) in [5.41, 5.74) is 17.4. The number of aromatic nitrogens is 1. The largest absolute Gasteiger partial charge is 0.236 e. The number of benzene rings is 10. The first kappa shape index (κ1) is 32.0. The van der Waals surface area contributed by atoms with E-state index >= 15 is 0 Å². The number of hydrogen-bond donors (Lipinski definition) is 0. The molecular weight excluding hydrogens is 719 g/mol. The standard InChI is InChI=1S/C56H33NS/c1-2-11-36(12-3-1)55-57-52-28-26-35-23-21-34-22-24-41(30-46(34)53(35)54(52)58-55)37-15-10-16-38(29-37)42-25-27-45-47-31-39-13-4-5-14-40(39)32-51(47)56(50(45)33-42)48-19-8-6-17-43(48)44-18-7-9-20-49(44)56/h1-33H. The van der Waals surface area contributed by atoms with Crippen LogP contribution < -0.4 is 0 Å². The third-order valence-electron chi connectivity index (χ3n) is 12.9. The molecule has 1 nitrogen and oxygen atoms in total. The summed E-state index contributed by atoms with van der Waals surface area (Å²) < 4.78 is 1.24. The van der Waals surface area contributed by atoms with Gasteiger partial charge in [-0.2, -0.15) is 0 Å². The molecule has 2 heteroatoms. The van der Waals surface area contributed by atoms with Crippen molar-refractivity contribution in [3.05, 3.63) is 222 Å². The minimum Gasteiger partial charge on any atom is -0.236 e. The Morgan fingerprint density at radius 3 is 1.71 bits per heavy atom. The minimum atomic E-state index is -0.405. The summed E-state index contributed by atoms with van der Waals surface area (Å²) in [7, 11) is 0. The minimum absolute atomic E-state index is 0.405. The van der Waals surface area contributed by atoms with Crippen molar-refractivity contribution < 1.29 is 0 Å². The Labute approximate surface area is 340 Å². The summed E-state index contributed by atoms with van der Waals surface area (Å²) in [5, 5.41) is 8.63. The van der Waals surface area contributed by atoms with Gasteiger partial charge in [-0.1, -0.05) is 164 Å². The lowest BCUT2D eigenvalue weighted by Gasteiger charge is -2.31. The SMILES string of the molecule is c1ccc(-c2nc3ccc4ccc5ccc(-c6cccc(-c7ccc8c(c7)C7(c9ccccc9-c9ccccc97)c7cc9ccccc9cc7-8)c6)cc5c4c3s2)cc1. The van der Waals surface area contributed by atoms with E-state index in [4.69, 9.17) is 4.98 Å². The van der Waals surface area contributed by atoms with Crippen LogP contribution in [0.2, 0.25) is 0 Å². The topological polar surface area (TPSA) is 12.9 Å². The van der Waals surface area contributed by atoms with Crippen molar-refractivity contribution in [2.45, 2.75) is 5.41 Å². The molecule has 0 unspecified atom stereocenters. The lowest BCUT2D eigenvalue weighted by atomic mass is 9.70.